The Bertz CT molecular complexity index is 373. The number of anilines is 2. The van der Waals surface area contributed by atoms with Crippen LogP contribution in [0.5, 0.6) is 0 Å². The quantitative estimate of drug-likeness (QED) is 0.276. The van der Waals surface area contributed by atoms with E-state index in [9.17, 15) is 4.79 Å². The van der Waals surface area contributed by atoms with Crippen LogP contribution in [0.25, 0.3) is 0 Å². The molecular weight excluding hydrogens is 236 g/mol. The van der Waals surface area contributed by atoms with Gasteiger partial charge in [0.05, 0.1) is 6.61 Å². The molecule has 1 rings (SSSR count). The van der Waals surface area contributed by atoms with Crippen molar-refractivity contribution >= 4 is 17.5 Å². The molecule has 8 nitrogen and oxygen atoms in total. The molecule has 1 aromatic rings. The molecule has 100 valence electrons. The van der Waals surface area contributed by atoms with Crippen molar-refractivity contribution in [3.8, 4) is 0 Å². The van der Waals surface area contributed by atoms with E-state index in [1.807, 2.05) is 0 Å². The number of aromatic nitrogens is 2. The van der Waals surface area contributed by atoms with Crippen LogP contribution >= 0.6 is 0 Å². The van der Waals surface area contributed by atoms with E-state index in [0.717, 1.165) is 0 Å². The number of methoxy groups -OCH3 is 1. The number of hydrazine groups is 1. The Balaban J connectivity index is 2.22. The van der Waals surface area contributed by atoms with E-state index >= 15 is 0 Å². The molecule has 0 aromatic carbocycles. The summed E-state index contributed by atoms with van der Waals surface area (Å²) in [4.78, 5) is 19.2. The first-order valence-corrected chi connectivity index (χ1v) is 5.54. The molecule has 0 saturated heterocycles. The third kappa shape index (κ3) is 5.41. The van der Waals surface area contributed by atoms with E-state index in [-0.39, 0.29) is 5.91 Å². The highest BCUT2D eigenvalue weighted by molar-refractivity contribution is 5.76. The summed E-state index contributed by atoms with van der Waals surface area (Å²) < 4.78 is 4.83. The molecule has 18 heavy (non-hydrogen) atoms. The molecule has 0 aliphatic rings. The fourth-order valence-electron chi connectivity index (χ4n) is 1.22. The van der Waals surface area contributed by atoms with Gasteiger partial charge in [0.2, 0.25) is 5.91 Å². The molecule has 0 bridgehead atoms. The zero-order valence-electron chi connectivity index (χ0n) is 10.3. The van der Waals surface area contributed by atoms with Crippen LogP contribution in [0.15, 0.2) is 12.4 Å². The van der Waals surface area contributed by atoms with Crippen LogP contribution in [0, 0.1) is 0 Å². The summed E-state index contributed by atoms with van der Waals surface area (Å²) in [6, 6.07) is 1.66. The first-order chi connectivity index (χ1) is 8.76. The lowest BCUT2D eigenvalue weighted by molar-refractivity contribution is -0.121. The fourth-order valence-corrected chi connectivity index (χ4v) is 1.22. The molecule has 0 unspecified atom stereocenters. The van der Waals surface area contributed by atoms with Crippen molar-refractivity contribution in [1.29, 1.82) is 0 Å². The highest BCUT2D eigenvalue weighted by atomic mass is 16.5. The molecular formula is C10H18N6O2. The SMILES string of the molecule is COCCNC(=O)CCNc1cc(NN)ncn1. The number of rotatable bonds is 8. The maximum absolute atomic E-state index is 11.4. The number of ether oxygens (including phenoxy) is 1. The third-order valence-electron chi connectivity index (χ3n) is 2.10. The maximum atomic E-state index is 11.4. The summed E-state index contributed by atoms with van der Waals surface area (Å²) in [5.41, 5.74) is 2.42. The molecule has 0 saturated carbocycles. The summed E-state index contributed by atoms with van der Waals surface area (Å²) in [5.74, 6) is 6.31. The lowest BCUT2D eigenvalue weighted by Crippen LogP contribution is -2.28. The minimum atomic E-state index is -0.0363. The Morgan fingerprint density at radius 3 is 2.89 bits per heavy atom. The van der Waals surface area contributed by atoms with Gasteiger partial charge in [0.15, 0.2) is 0 Å². The molecule has 1 aromatic heterocycles. The van der Waals surface area contributed by atoms with Crippen LogP contribution in [-0.2, 0) is 9.53 Å². The molecule has 5 N–H and O–H groups in total. The van der Waals surface area contributed by atoms with Gasteiger partial charge >= 0.3 is 0 Å². The van der Waals surface area contributed by atoms with Gasteiger partial charge in [-0.15, -0.1) is 0 Å². The van der Waals surface area contributed by atoms with Crippen molar-refractivity contribution in [2.45, 2.75) is 6.42 Å². The second-order valence-corrected chi connectivity index (χ2v) is 3.45. The molecule has 0 fully saturated rings. The van der Waals surface area contributed by atoms with E-state index in [2.05, 4.69) is 26.0 Å². The Morgan fingerprint density at radius 2 is 2.17 bits per heavy atom. The standard InChI is InChI=1S/C10H18N6O2/c1-18-5-4-13-10(17)2-3-12-8-6-9(16-11)15-7-14-8/h6-7H,2-5,11H2,1H3,(H,13,17)(H2,12,14,15,16). The number of nitrogens with two attached hydrogens (primary N) is 1. The lowest BCUT2D eigenvalue weighted by Gasteiger charge is -2.07. The summed E-state index contributed by atoms with van der Waals surface area (Å²) in [5, 5.41) is 5.73. The number of amides is 1. The maximum Gasteiger partial charge on any atom is 0.221 e. The molecule has 0 radical (unpaired) electrons. The van der Waals surface area contributed by atoms with E-state index < -0.39 is 0 Å². The average molecular weight is 254 g/mol. The van der Waals surface area contributed by atoms with Crippen molar-refractivity contribution in [3.05, 3.63) is 12.4 Å². The van der Waals surface area contributed by atoms with Gasteiger partial charge in [0.25, 0.3) is 0 Å². The monoisotopic (exact) mass is 254 g/mol. The smallest absolute Gasteiger partial charge is 0.221 e. The minimum Gasteiger partial charge on any atom is -0.383 e. The zero-order chi connectivity index (χ0) is 13.2. The Morgan fingerprint density at radius 1 is 1.39 bits per heavy atom. The van der Waals surface area contributed by atoms with Crippen LogP contribution < -0.4 is 21.9 Å². The van der Waals surface area contributed by atoms with Crippen LogP contribution in [0.1, 0.15) is 6.42 Å². The van der Waals surface area contributed by atoms with Crippen LogP contribution in [0.3, 0.4) is 0 Å². The van der Waals surface area contributed by atoms with Crippen molar-refractivity contribution in [1.82, 2.24) is 15.3 Å². The van der Waals surface area contributed by atoms with E-state index in [0.29, 0.717) is 37.8 Å². The number of hydrogen-bond acceptors (Lipinski definition) is 7. The first-order valence-electron chi connectivity index (χ1n) is 5.54. The van der Waals surface area contributed by atoms with Crippen LogP contribution in [0.2, 0.25) is 0 Å². The molecule has 0 spiro atoms. The van der Waals surface area contributed by atoms with Crippen LogP contribution in [-0.4, -0.2) is 42.7 Å². The predicted molar refractivity (Wildman–Crippen MR) is 67.8 cm³/mol. The number of carbonyl (C=O) groups is 1. The second-order valence-electron chi connectivity index (χ2n) is 3.45. The van der Waals surface area contributed by atoms with Gasteiger partial charge in [-0.25, -0.2) is 15.8 Å². The largest absolute Gasteiger partial charge is 0.383 e. The molecule has 8 heteroatoms. The summed E-state index contributed by atoms with van der Waals surface area (Å²) in [6.45, 7) is 1.51. The van der Waals surface area contributed by atoms with Gasteiger partial charge in [0, 0.05) is 32.7 Å². The van der Waals surface area contributed by atoms with E-state index in [4.69, 9.17) is 10.6 Å². The molecule has 1 heterocycles. The highest BCUT2D eigenvalue weighted by Crippen LogP contribution is 2.06. The number of nitrogen functional groups attached to an aromatic ring is 1. The number of nitrogens with zero attached hydrogens (tertiary/aromatic N) is 2. The van der Waals surface area contributed by atoms with E-state index in [1.54, 1.807) is 13.2 Å². The van der Waals surface area contributed by atoms with E-state index in [1.165, 1.54) is 6.33 Å². The highest BCUT2D eigenvalue weighted by Gasteiger charge is 2.01. The fraction of sp³-hybridized carbons (Fsp3) is 0.500. The van der Waals surface area contributed by atoms with Crippen molar-refractivity contribution in [2.24, 2.45) is 5.84 Å². The topological polar surface area (TPSA) is 114 Å². The second kappa shape index (κ2) is 8.20. The summed E-state index contributed by atoms with van der Waals surface area (Å²) in [7, 11) is 1.59. The van der Waals surface area contributed by atoms with Gasteiger partial charge in [0.1, 0.15) is 18.0 Å². The van der Waals surface area contributed by atoms with Gasteiger partial charge in [-0.3, -0.25) is 4.79 Å². The number of nitrogens with one attached hydrogen (secondary N) is 3. The first kappa shape index (κ1) is 14.1. The van der Waals surface area contributed by atoms with Gasteiger partial charge < -0.3 is 20.8 Å². The van der Waals surface area contributed by atoms with Crippen LogP contribution in [0.4, 0.5) is 11.6 Å². The lowest BCUT2D eigenvalue weighted by atomic mass is 10.4. The predicted octanol–water partition coefficient (Wildman–Crippen LogP) is -0.673. The van der Waals surface area contributed by atoms with Gasteiger partial charge in [-0.1, -0.05) is 0 Å². The van der Waals surface area contributed by atoms with Gasteiger partial charge in [-0.05, 0) is 0 Å². The Labute approximate surface area is 105 Å². The van der Waals surface area contributed by atoms with Gasteiger partial charge in [-0.2, -0.15) is 0 Å². The number of carbonyl (C=O) groups excluding carboxylic acids is 1. The zero-order valence-corrected chi connectivity index (χ0v) is 10.3. The number of hydrogen-bond donors (Lipinski definition) is 4. The normalized spacial score (nSPS) is 9.89. The summed E-state index contributed by atoms with van der Waals surface area (Å²) >= 11 is 0. The minimum absolute atomic E-state index is 0.0363. The van der Waals surface area contributed by atoms with Crippen molar-refractivity contribution in [2.75, 3.05) is 37.5 Å². The molecule has 0 aliphatic heterocycles. The summed E-state index contributed by atoms with van der Waals surface area (Å²) in [6.07, 6.45) is 1.75. The van der Waals surface area contributed by atoms with Crippen molar-refractivity contribution < 1.29 is 9.53 Å². The molecule has 0 aliphatic carbocycles. The average Bonchev–Trinajstić information content (AvgIpc) is 2.39. The Kier molecular flexibility index (Phi) is 6.44. The van der Waals surface area contributed by atoms with Crippen molar-refractivity contribution in [3.63, 3.8) is 0 Å². The molecule has 0 atom stereocenters. The molecule has 1 amide bonds. The third-order valence-corrected chi connectivity index (χ3v) is 2.10. The Hall–Kier alpha value is -1.93.